The summed E-state index contributed by atoms with van der Waals surface area (Å²) < 4.78 is 25.0. The predicted molar refractivity (Wildman–Crippen MR) is 103 cm³/mol. The Morgan fingerprint density at radius 1 is 1.24 bits per heavy atom. The van der Waals surface area contributed by atoms with E-state index in [1.54, 1.807) is 12.1 Å². The van der Waals surface area contributed by atoms with Gasteiger partial charge in [0.2, 0.25) is 5.91 Å². The van der Waals surface area contributed by atoms with Gasteiger partial charge in [-0.2, -0.15) is 0 Å². The molecule has 0 aromatic heterocycles. The lowest BCUT2D eigenvalue weighted by Gasteiger charge is -2.28. The van der Waals surface area contributed by atoms with E-state index < -0.39 is 14.6 Å². The van der Waals surface area contributed by atoms with Crippen LogP contribution in [0.15, 0.2) is 29.2 Å². The van der Waals surface area contributed by atoms with Crippen LogP contribution in [0.1, 0.15) is 39.5 Å². The van der Waals surface area contributed by atoms with Crippen LogP contribution in [0.2, 0.25) is 5.02 Å². The molecule has 0 spiro atoms. The zero-order valence-electron chi connectivity index (χ0n) is 14.5. The molecule has 1 aromatic carbocycles. The highest BCUT2D eigenvalue weighted by Crippen LogP contribution is 2.41. The van der Waals surface area contributed by atoms with Crippen molar-refractivity contribution in [1.82, 2.24) is 10.6 Å². The first-order valence-corrected chi connectivity index (χ1v) is 10.2. The molecule has 1 aromatic rings. The van der Waals surface area contributed by atoms with E-state index in [0.717, 1.165) is 19.4 Å². The van der Waals surface area contributed by atoms with Crippen molar-refractivity contribution >= 4 is 39.8 Å². The van der Waals surface area contributed by atoms with E-state index in [2.05, 4.69) is 10.6 Å². The number of benzene rings is 1. The van der Waals surface area contributed by atoms with Crippen LogP contribution in [-0.2, 0) is 14.6 Å². The molecule has 8 heteroatoms. The number of halogens is 2. The van der Waals surface area contributed by atoms with Gasteiger partial charge < -0.3 is 10.6 Å². The maximum atomic E-state index is 13.2. The zero-order chi connectivity index (χ0) is 17.8. The second-order valence-corrected chi connectivity index (χ2v) is 9.02. The molecule has 25 heavy (non-hydrogen) atoms. The van der Waals surface area contributed by atoms with Crippen LogP contribution in [0.4, 0.5) is 0 Å². The molecule has 2 N–H and O–H groups in total. The van der Waals surface area contributed by atoms with Gasteiger partial charge in [0.25, 0.3) is 0 Å². The van der Waals surface area contributed by atoms with E-state index >= 15 is 0 Å². The number of likely N-dealkylation sites (N-methyl/N-ethyl adjacent to an activating group) is 1. The number of sulfone groups is 1. The van der Waals surface area contributed by atoms with Crippen LogP contribution < -0.4 is 10.6 Å². The molecule has 1 aliphatic carbocycles. The molecule has 2 rings (SSSR count). The molecule has 0 bridgehead atoms. The fourth-order valence-electron chi connectivity index (χ4n) is 3.23. The third-order valence-corrected chi connectivity index (χ3v) is 7.35. The molecular weight excluding hydrogens is 383 g/mol. The Bertz CT molecular complexity index is 672. The van der Waals surface area contributed by atoms with Crippen molar-refractivity contribution in [3.05, 3.63) is 29.3 Å². The fourth-order valence-corrected chi connectivity index (χ4v) is 5.44. The molecule has 1 saturated carbocycles. The molecule has 1 aliphatic rings. The second-order valence-electron chi connectivity index (χ2n) is 6.33. The van der Waals surface area contributed by atoms with E-state index in [0.29, 0.717) is 24.4 Å². The molecule has 1 fully saturated rings. The standard InChI is InChI=1S/C17H25ClN2O3S.ClH/c1-3-19-13(2)12-20-16(21)17(10-4-5-11-17)24(22,23)15-8-6-14(18)7-9-15;/h6-9,13,19H,3-5,10-12H2,1-2H3,(H,20,21);1H/t13-;/m1./s1. The van der Waals surface area contributed by atoms with Gasteiger partial charge in [-0.3, -0.25) is 4.79 Å². The average Bonchev–Trinajstić information content (AvgIpc) is 3.05. The van der Waals surface area contributed by atoms with Gasteiger partial charge in [0, 0.05) is 17.6 Å². The summed E-state index contributed by atoms with van der Waals surface area (Å²) >= 11 is 5.85. The number of nitrogens with one attached hydrogen (secondary N) is 2. The summed E-state index contributed by atoms with van der Waals surface area (Å²) in [6, 6.07) is 6.14. The molecule has 5 nitrogen and oxygen atoms in total. The molecule has 0 aliphatic heterocycles. The molecule has 1 atom stereocenters. The van der Waals surface area contributed by atoms with E-state index in [1.165, 1.54) is 12.1 Å². The Labute approximate surface area is 161 Å². The monoisotopic (exact) mass is 408 g/mol. The summed E-state index contributed by atoms with van der Waals surface area (Å²) in [4.78, 5) is 13.0. The van der Waals surface area contributed by atoms with Crippen LogP contribution in [0, 0.1) is 0 Å². The normalized spacial score (nSPS) is 17.6. The first-order valence-electron chi connectivity index (χ1n) is 8.35. The van der Waals surface area contributed by atoms with Crippen molar-refractivity contribution in [2.24, 2.45) is 0 Å². The third-order valence-electron chi connectivity index (χ3n) is 4.58. The number of hydrogen-bond acceptors (Lipinski definition) is 4. The smallest absolute Gasteiger partial charge is 0.241 e. The first kappa shape index (κ1) is 22.2. The van der Waals surface area contributed by atoms with Crippen molar-refractivity contribution in [2.45, 2.75) is 55.2 Å². The van der Waals surface area contributed by atoms with Gasteiger partial charge >= 0.3 is 0 Å². The van der Waals surface area contributed by atoms with Gasteiger partial charge in [0.1, 0.15) is 0 Å². The van der Waals surface area contributed by atoms with E-state index in [1.807, 2.05) is 13.8 Å². The van der Waals surface area contributed by atoms with Crippen molar-refractivity contribution in [2.75, 3.05) is 13.1 Å². The van der Waals surface area contributed by atoms with E-state index in [4.69, 9.17) is 11.6 Å². The van der Waals surface area contributed by atoms with Crippen LogP contribution in [0.5, 0.6) is 0 Å². The van der Waals surface area contributed by atoms with Gasteiger partial charge in [0.15, 0.2) is 14.6 Å². The summed E-state index contributed by atoms with van der Waals surface area (Å²) in [6.07, 6.45) is 2.20. The quantitative estimate of drug-likeness (QED) is 0.726. The molecule has 0 heterocycles. The van der Waals surface area contributed by atoms with Crippen LogP contribution in [0.3, 0.4) is 0 Å². The number of carbonyl (C=O) groups excluding carboxylic acids is 1. The average molecular weight is 409 g/mol. The summed E-state index contributed by atoms with van der Waals surface area (Å²) in [5.74, 6) is -0.389. The van der Waals surface area contributed by atoms with Crippen molar-refractivity contribution in [3.8, 4) is 0 Å². The Morgan fingerprint density at radius 3 is 2.32 bits per heavy atom. The Morgan fingerprint density at radius 2 is 1.80 bits per heavy atom. The van der Waals surface area contributed by atoms with Crippen LogP contribution in [0.25, 0.3) is 0 Å². The Kier molecular flexibility index (Phi) is 8.19. The van der Waals surface area contributed by atoms with Crippen molar-refractivity contribution < 1.29 is 13.2 Å². The van der Waals surface area contributed by atoms with Gasteiger partial charge in [-0.25, -0.2) is 8.42 Å². The molecule has 0 saturated heterocycles. The highest BCUT2D eigenvalue weighted by atomic mass is 35.5. The van der Waals surface area contributed by atoms with Crippen molar-refractivity contribution in [1.29, 1.82) is 0 Å². The second kappa shape index (κ2) is 9.21. The molecule has 0 unspecified atom stereocenters. The summed E-state index contributed by atoms with van der Waals surface area (Å²) in [6.45, 7) is 5.15. The number of rotatable bonds is 7. The molecule has 142 valence electrons. The Balaban J connectivity index is 0.00000312. The fraction of sp³-hybridized carbons (Fsp3) is 0.588. The van der Waals surface area contributed by atoms with Gasteiger partial charge in [-0.05, 0) is 50.6 Å². The first-order chi connectivity index (χ1) is 11.3. The number of carbonyl (C=O) groups is 1. The summed E-state index contributed by atoms with van der Waals surface area (Å²) in [5.41, 5.74) is 0. The van der Waals surface area contributed by atoms with Crippen LogP contribution >= 0.6 is 24.0 Å². The van der Waals surface area contributed by atoms with E-state index in [9.17, 15) is 13.2 Å². The molecule has 0 radical (unpaired) electrons. The highest BCUT2D eigenvalue weighted by Gasteiger charge is 2.52. The maximum Gasteiger partial charge on any atom is 0.241 e. The number of hydrogen-bond donors (Lipinski definition) is 2. The lowest BCUT2D eigenvalue weighted by molar-refractivity contribution is -0.123. The minimum Gasteiger partial charge on any atom is -0.353 e. The highest BCUT2D eigenvalue weighted by molar-refractivity contribution is 7.93. The lowest BCUT2D eigenvalue weighted by Crippen LogP contribution is -2.52. The minimum absolute atomic E-state index is 0. The Hall–Kier alpha value is -0.820. The van der Waals surface area contributed by atoms with Crippen LogP contribution in [-0.4, -0.2) is 38.2 Å². The maximum absolute atomic E-state index is 13.2. The van der Waals surface area contributed by atoms with Crippen molar-refractivity contribution in [3.63, 3.8) is 0 Å². The largest absolute Gasteiger partial charge is 0.353 e. The predicted octanol–water partition coefficient (Wildman–Crippen LogP) is 2.96. The van der Waals surface area contributed by atoms with Gasteiger partial charge in [-0.1, -0.05) is 31.4 Å². The third kappa shape index (κ3) is 4.67. The minimum atomic E-state index is -3.77. The van der Waals surface area contributed by atoms with Gasteiger partial charge in [-0.15, -0.1) is 12.4 Å². The molecular formula is C17H26Cl2N2O3S. The topological polar surface area (TPSA) is 75.3 Å². The SMILES string of the molecule is CCN[C@H](C)CNC(=O)C1(S(=O)(=O)c2ccc(Cl)cc2)CCCC1.Cl. The van der Waals surface area contributed by atoms with Gasteiger partial charge in [0.05, 0.1) is 4.90 Å². The number of amides is 1. The molecule has 1 amide bonds. The lowest BCUT2D eigenvalue weighted by atomic mass is 10.1. The van der Waals surface area contributed by atoms with E-state index in [-0.39, 0.29) is 29.3 Å². The summed E-state index contributed by atoms with van der Waals surface area (Å²) in [5, 5.41) is 6.50. The summed E-state index contributed by atoms with van der Waals surface area (Å²) in [7, 11) is -3.77. The zero-order valence-corrected chi connectivity index (χ0v) is 16.9.